The third kappa shape index (κ3) is 2.87. The molecule has 0 saturated heterocycles. The van der Waals surface area contributed by atoms with Gasteiger partial charge in [-0.3, -0.25) is 5.10 Å². The molecule has 3 aromatic rings. The van der Waals surface area contributed by atoms with Gasteiger partial charge in [-0.15, -0.1) is 0 Å². The topological polar surface area (TPSA) is 59.2 Å². The largest absolute Gasteiger partial charge is 0.496 e. The van der Waals surface area contributed by atoms with Gasteiger partial charge in [-0.25, -0.2) is 0 Å². The number of benzene rings is 2. The zero-order valence-corrected chi connectivity index (χ0v) is 13.9. The Hall–Kier alpha value is -2.21. The Morgan fingerprint density at radius 2 is 1.95 bits per heavy atom. The quantitative estimate of drug-likeness (QED) is 0.722. The van der Waals surface area contributed by atoms with Gasteiger partial charge in [0.05, 0.1) is 30.4 Å². The monoisotopic (exact) mass is 361 g/mol. The predicted octanol–water partition coefficient (Wildman–Crippen LogP) is 3.95. The van der Waals surface area contributed by atoms with E-state index in [-0.39, 0.29) is 0 Å². The Bertz CT molecular complexity index is 801. The van der Waals surface area contributed by atoms with Crippen LogP contribution in [0, 0.1) is 0 Å². The first-order valence-electron chi connectivity index (χ1n) is 6.78. The van der Waals surface area contributed by atoms with Crippen molar-refractivity contribution in [2.75, 3.05) is 19.5 Å². The van der Waals surface area contributed by atoms with Crippen molar-refractivity contribution in [3.05, 3.63) is 46.6 Å². The van der Waals surface area contributed by atoms with Crippen molar-refractivity contribution in [2.45, 2.75) is 6.54 Å². The molecule has 0 saturated carbocycles. The Labute approximate surface area is 136 Å². The summed E-state index contributed by atoms with van der Waals surface area (Å²) < 4.78 is 11.6. The number of hydrogen-bond acceptors (Lipinski definition) is 4. The fraction of sp³-hybridized carbons (Fsp3) is 0.188. The summed E-state index contributed by atoms with van der Waals surface area (Å²) >= 11 is 3.50. The van der Waals surface area contributed by atoms with Crippen molar-refractivity contribution in [3.8, 4) is 11.5 Å². The summed E-state index contributed by atoms with van der Waals surface area (Å²) in [7, 11) is 3.29. The van der Waals surface area contributed by atoms with Crippen LogP contribution in [-0.4, -0.2) is 24.4 Å². The number of ether oxygens (including phenoxy) is 2. The molecule has 0 aliphatic rings. The summed E-state index contributed by atoms with van der Waals surface area (Å²) in [5.74, 6) is 1.54. The second kappa shape index (κ2) is 6.27. The maximum Gasteiger partial charge on any atom is 0.136 e. The van der Waals surface area contributed by atoms with Gasteiger partial charge in [0.15, 0.2) is 0 Å². The van der Waals surface area contributed by atoms with Crippen LogP contribution >= 0.6 is 15.9 Å². The minimum atomic E-state index is 0.644. The van der Waals surface area contributed by atoms with E-state index in [0.717, 1.165) is 38.1 Å². The van der Waals surface area contributed by atoms with E-state index in [1.807, 2.05) is 36.5 Å². The molecule has 1 heterocycles. The van der Waals surface area contributed by atoms with E-state index in [2.05, 4.69) is 31.4 Å². The number of hydrogen-bond donors (Lipinski definition) is 2. The summed E-state index contributed by atoms with van der Waals surface area (Å²) in [6.45, 7) is 0.644. The predicted molar refractivity (Wildman–Crippen MR) is 90.7 cm³/mol. The molecule has 0 amide bonds. The summed E-state index contributed by atoms with van der Waals surface area (Å²) in [6.07, 6.45) is 1.81. The molecular weight excluding hydrogens is 346 g/mol. The van der Waals surface area contributed by atoms with Crippen LogP contribution in [0.4, 0.5) is 5.69 Å². The van der Waals surface area contributed by atoms with Crippen LogP contribution in [0.5, 0.6) is 11.5 Å². The van der Waals surface area contributed by atoms with Crippen molar-refractivity contribution < 1.29 is 9.47 Å². The maximum atomic E-state index is 5.43. The Balaban J connectivity index is 1.81. The molecule has 0 aliphatic heterocycles. The van der Waals surface area contributed by atoms with Crippen molar-refractivity contribution in [3.63, 3.8) is 0 Å². The fourth-order valence-corrected chi connectivity index (χ4v) is 2.86. The average molecular weight is 362 g/mol. The molecule has 0 atom stereocenters. The third-order valence-corrected chi connectivity index (χ3v) is 4.10. The van der Waals surface area contributed by atoms with Gasteiger partial charge in [0, 0.05) is 29.2 Å². The molecule has 0 unspecified atom stereocenters. The van der Waals surface area contributed by atoms with Crippen LogP contribution in [0.15, 0.2) is 41.0 Å². The number of aromatic amines is 1. The Morgan fingerprint density at radius 3 is 2.73 bits per heavy atom. The van der Waals surface area contributed by atoms with E-state index in [0.29, 0.717) is 6.54 Å². The second-order valence-corrected chi connectivity index (χ2v) is 5.68. The zero-order chi connectivity index (χ0) is 15.5. The molecular formula is C16H16BrN3O2. The van der Waals surface area contributed by atoms with Gasteiger partial charge in [-0.2, -0.15) is 5.10 Å². The number of nitrogens with zero attached hydrogens (tertiary/aromatic N) is 1. The van der Waals surface area contributed by atoms with Crippen LogP contribution in [0.25, 0.3) is 10.9 Å². The number of aromatic nitrogens is 2. The lowest BCUT2D eigenvalue weighted by atomic mass is 10.1. The number of rotatable bonds is 5. The molecule has 3 rings (SSSR count). The SMILES string of the molecule is COc1cc(OC)c(CNc2ccc3cn[nH]c3c2)cc1Br. The van der Waals surface area contributed by atoms with E-state index in [1.54, 1.807) is 14.2 Å². The highest BCUT2D eigenvalue weighted by Gasteiger charge is 2.09. The van der Waals surface area contributed by atoms with Crippen LogP contribution in [-0.2, 0) is 6.54 Å². The summed E-state index contributed by atoms with van der Waals surface area (Å²) in [5, 5.41) is 11.5. The van der Waals surface area contributed by atoms with Crippen molar-refractivity contribution in [1.82, 2.24) is 10.2 Å². The fourth-order valence-electron chi connectivity index (χ4n) is 2.30. The minimum Gasteiger partial charge on any atom is -0.496 e. The van der Waals surface area contributed by atoms with E-state index >= 15 is 0 Å². The number of methoxy groups -OCH3 is 2. The number of H-pyrrole nitrogens is 1. The minimum absolute atomic E-state index is 0.644. The Kier molecular flexibility index (Phi) is 4.20. The maximum absolute atomic E-state index is 5.43. The van der Waals surface area contributed by atoms with Gasteiger partial charge in [0.2, 0.25) is 0 Å². The van der Waals surface area contributed by atoms with Crippen LogP contribution < -0.4 is 14.8 Å². The van der Waals surface area contributed by atoms with Gasteiger partial charge >= 0.3 is 0 Å². The molecule has 0 fully saturated rings. The van der Waals surface area contributed by atoms with Gasteiger partial charge in [-0.05, 0) is 40.2 Å². The lowest BCUT2D eigenvalue weighted by molar-refractivity contribution is 0.390. The molecule has 22 heavy (non-hydrogen) atoms. The smallest absolute Gasteiger partial charge is 0.136 e. The molecule has 6 heteroatoms. The third-order valence-electron chi connectivity index (χ3n) is 3.48. The standard InChI is InChI=1S/C16H16BrN3O2/c1-21-15-7-16(22-2)13(17)5-11(15)8-18-12-4-3-10-9-19-20-14(10)6-12/h3-7,9,18H,8H2,1-2H3,(H,19,20). The molecule has 0 bridgehead atoms. The molecule has 0 radical (unpaired) electrons. The highest BCUT2D eigenvalue weighted by Crippen LogP contribution is 2.33. The molecule has 5 nitrogen and oxygen atoms in total. The van der Waals surface area contributed by atoms with E-state index in [1.165, 1.54) is 0 Å². The summed E-state index contributed by atoms with van der Waals surface area (Å²) in [5.41, 5.74) is 3.07. The zero-order valence-electron chi connectivity index (χ0n) is 12.3. The average Bonchev–Trinajstić information content (AvgIpc) is 3.00. The van der Waals surface area contributed by atoms with Crippen LogP contribution in [0.3, 0.4) is 0 Å². The number of anilines is 1. The lowest BCUT2D eigenvalue weighted by Gasteiger charge is -2.13. The molecule has 1 aromatic heterocycles. The first-order chi connectivity index (χ1) is 10.7. The van der Waals surface area contributed by atoms with Gasteiger partial charge < -0.3 is 14.8 Å². The van der Waals surface area contributed by atoms with E-state index in [4.69, 9.17) is 9.47 Å². The second-order valence-electron chi connectivity index (χ2n) is 4.82. The molecule has 0 aliphatic carbocycles. The molecule has 114 valence electrons. The van der Waals surface area contributed by atoms with Crippen molar-refractivity contribution in [1.29, 1.82) is 0 Å². The van der Waals surface area contributed by atoms with Crippen molar-refractivity contribution >= 4 is 32.5 Å². The molecule has 2 aromatic carbocycles. The first kappa shape index (κ1) is 14.7. The number of halogens is 1. The van der Waals surface area contributed by atoms with E-state index in [9.17, 15) is 0 Å². The van der Waals surface area contributed by atoms with Gasteiger partial charge in [0.1, 0.15) is 11.5 Å². The lowest BCUT2D eigenvalue weighted by Crippen LogP contribution is -2.02. The van der Waals surface area contributed by atoms with Gasteiger partial charge in [0.25, 0.3) is 0 Å². The van der Waals surface area contributed by atoms with Crippen LogP contribution in [0.1, 0.15) is 5.56 Å². The molecule has 0 spiro atoms. The molecule has 2 N–H and O–H groups in total. The van der Waals surface area contributed by atoms with Crippen molar-refractivity contribution in [2.24, 2.45) is 0 Å². The normalized spacial score (nSPS) is 10.7. The summed E-state index contributed by atoms with van der Waals surface area (Å²) in [6, 6.07) is 9.97. The highest BCUT2D eigenvalue weighted by molar-refractivity contribution is 9.10. The van der Waals surface area contributed by atoms with Gasteiger partial charge in [-0.1, -0.05) is 0 Å². The first-order valence-corrected chi connectivity index (χ1v) is 7.58. The summed E-state index contributed by atoms with van der Waals surface area (Å²) in [4.78, 5) is 0. The van der Waals surface area contributed by atoms with E-state index < -0.39 is 0 Å². The van der Waals surface area contributed by atoms with Crippen LogP contribution in [0.2, 0.25) is 0 Å². The number of nitrogens with one attached hydrogen (secondary N) is 2. The highest BCUT2D eigenvalue weighted by atomic mass is 79.9. The number of fused-ring (bicyclic) bond motifs is 1. The Morgan fingerprint density at radius 1 is 1.14 bits per heavy atom.